The predicted octanol–water partition coefficient (Wildman–Crippen LogP) is 2.32. The van der Waals surface area contributed by atoms with Crippen molar-refractivity contribution in [3.05, 3.63) is 76.5 Å². The molecular formula is C21H19N5O4. The van der Waals surface area contributed by atoms with Gasteiger partial charge in [-0.15, -0.1) is 0 Å². The van der Waals surface area contributed by atoms with Crippen molar-refractivity contribution in [2.45, 2.75) is 13.0 Å². The van der Waals surface area contributed by atoms with Crippen LogP contribution in [0.3, 0.4) is 0 Å². The molecule has 3 aromatic rings. The first kappa shape index (κ1) is 19.3. The predicted molar refractivity (Wildman–Crippen MR) is 107 cm³/mol. The Morgan fingerprint density at radius 3 is 2.57 bits per heavy atom. The van der Waals surface area contributed by atoms with Crippen LogP contribution in [0.15, 0.2) is 59.8 Å². The minimum absolute atomic E-state index is 0.00167. The van der Waals surface area contributed by atoms with E-state index in [1.165, 1.54) is 18.9 Å². The van der Waals surface area contributed by atoms with Crippen LogP contribution in [0.1, 0.15) is 27.5 Å². The van der Waals surface area contributed by atoms with Gasteiger partial charge < -0.3 is 14.8 Å². The number of aryl methyl sites for hydroxylation is 1. The van der Waals surface area contributed by atoms with Crippen LogP contribution in [0.2, 0.25) is 0 Å². The number of methoxy groups -OCH3 is 2. The molecular weight excluding hydrogens is 386 g/mol. The summed E-state index contributed by atoms with van der Waals surface area (Å²) in [6.07, 6.45) is 0. The molecule has 30 heavy (non-hydrogen) atoms. The Labute approximate surface area is 172 Å². The van der Waals surface area contributed by atoms with Gasteiger partial charge in [0.2, 0.25) is 5.95 Å². The molecule has 0 saturated carbocycles. The molecule has 0 radical (unpaired) electrons. The van der Waals surface area contributed by atoms with Gasteiger partial charge in [0.05, 0.1) is 19.8 Å². The van der Waals surface area contributed by atoms with Crippen LogP contribution in [0.4, 0.5) is 5.95 Å². The lowest BCUT2D eigenvalue weighted by Crippen LogP contribution is -2.33. The molecule has 0 fully saturated rings. The van der Waals surface area contributed by atoms with E-state index >= 15 is 0 Å². The van der Waals surface area contributed by atoms with E-state index in [4.69, 9.17) is 9.47 Å². The lowest BCUT2D eigenvalue weighted by atomic mass is 9.89. The number of Topliss-reactive ketones (excluding diaryl/α,β-unsaturated/α-hetero) is 1. The molecule has 9 heteroatoms. The Morgan fingerprint density at radius 1 is 1.10 bits per heavy atom. The number of nitrogens with zero attached hydrogens (tertiary/aromatic N) is 4. The van der Waals surface area contributed by atoms with Gasteiger partial charge in [-0.1, -0.05) is 47.1 Å². The van der Waals surface area contributed by atoms with E-state index in [-0.39, 0.29) is 23.0 Å². The van der Waals surface area contributed by atoms with Gasteiger partial charge in [-0.2, -0.15) is 4.68 Å². The van der Waals surface area contributed by atoms with E-state index in [2.05, 4.69) is 20.8 Å². The third-order valence-corrected chi connectivity index (χ3v) is 4.88. The molecule has 9 nitrogen and oxygen atoms in total. The monoisotopic (exact) mass is 405 g/mol. The summed E-state index contributed by atoms with van der Waals surface area (Å²) >= 11 is 0. The molecule has 0 saturated heterocycles. The van der Waals surface area contributed by atoms with Crippen molar-refractivity contribution >= 4 is 17.7 Å². The maximum atomic E-state index is 13.6. The molecule has 1 N–H and O–H groups in total. The van der Waals surface area contributed by atoms with Crippen LogP contribution < -0.4 is 10.1 Å². The van der Waals surface area contributed by atoms with E-state index in [0.29, 0.717) is 11.3 Å². The normalized spacial score (nSPS) is 15.2. The van der Waals surface area contributed by atoms with Gasteiger partial charge in [0.25, 0.3) is 0 Å². The first-order valence-electron chi connectivity index (χ1n) is 9.16. The minimum Gasteiger partial charge on any atom is -0.497 e. The van der Waals surface area contributed by atoms with Gasteiger partial charge in [0.15, 0.2) is 5.78 Å². The second kappa shape index (κ2) is 7.78. The van der Waals surface area contributed by atoms with Crippen molar-refractivity contribution in [3.63, 3.8) is 0 Å². The third kappa shape index (κ3) is 3.30. The maximum Gasteiger partial charge on any atom is 0.355 e. The molecule has 1 aromatic heterocycles. The van der Waals surface area contributed by atoms with E-state index in [1.54, 1.807) is 24.3 Å². The lowest BCUT2D eigenvalue weighted by molar-refractivity contribution is -0.136. The quantitative estimate of drug-likeness (QED) is 0.509. The second-order valence-electron chi connectivity index (χ2n) is 6.73. The Morgan fingerprint density at radius 2 is 1.87 bits per heavy atom. The molecule has 1 aliphatic rings. The summed E-state index contributed by atoms with van der Waals surface area (Å²) in [5.41, 5.74) is 2.35. The summed E-state index contributed by atoms with van der Waals surface area (Å²) in [5, 5.41) is 14.5. The van der Waals surface area contributed by atoms with Crippen molar-refractivity contribution in [3.8, 4) is 5.75 Å². The molecule has 0 spiro atoms. The zero-order valence-corrected chi connectivity index (χ0v) is 16.6. The number of hydrogen-bond donors (Lipinski definition) is 1. The lowest BCUT2D eigenvalue weighted by Gasteiger charge is -2.28. The summed E-state index contributed by atoms with van der Waals surface area (Å²) in [6, 6.07) is 13.6. The highest BCUT2D eigenvalue weighted by Gasteiger charge is 2.38. The van der Waals surface area contributed by atoms with Gasteiger partial charge in [0.1, 0.15) is 17.5 Å². The number of nitrogens with one attached hydrogen (secondary N) is 1. The number of aromatic nitrogens is 4. The molecule has 2 aromatic carbocycles. The summed E-state index contributed by atoms with van der Waals surface area (Å²) in [5.74, 6) is -0.288. The molecule has 0 bridgehead atoms. The highest BCUT2D eigenvalue weighted by molar-refractivity contribution is 6.15. The topological polar surface area (TPSA) is 108 Å². The standard InChI is InChI=1S/C21H19N5O4/c1-12-7-9-13(10-8-12)18-16(19(27)14-5-4-6-15(11-14)29-2)17(20(28)30-3)22-21-23-24-25-26(18)21/h4-11,18H,1-3H3,(H,22,23,25)/t18-/m1/s1. The Kier molecular flexibility index (Phi) is 5.01. The maximum absolute atomic E-state index is 13.6. The number of tetrazole rings is 1. The Bertz CT molecular complexity index is 1150. The fraction of sp³-hybridized carbons (Fsp3) is 0.190. The average molecular weight is 405 g/mol. The summed E-state index contributed by atoms with van der Waals surface area (Å²) < 4.78 is 11.7. The van der Waals surface area contributed by atoms with Gasteiger partial charge in [-0.05, 0) is 35.0 Å². The summed E-state index contributed by atoms with van der Waals surface area (Å²) in [6.45, 7) is 1.96. The highest BCUT2D eigenvalue weighted by atomic mass is 16.5. The summed E-state index contributed by atoms with van der Waals surface area (Å²) in [7, 11) is 2.77. The van der Waals surface area contributed by atoms with Gasteiger partial charge in [-0.3, -0.25) is 4.79 Å². The zero-order valence-electron chi connectivity index (χ0n) is 16.6. The van der Waals surface area contributed by atoms with E-state index in [1.807, 2.05) is 31.2 Å². The van der Waals surface area contributed by atoms with Crippen molar-refractivity contribution in [2.24, 2.45) is 0 Å². The number of anilines is 1. The van der Waals surface area contributed by atoms with E-state index in [0.717, 1.165) is 11.1 Å². The number of carbonyl (C=O) groups is 2. The van der Waals surface area contributed by atoms with Gasteiger partial charge in [0, 0.05) is 5.56 Å². The number of fused-ring (bicyclic) bond motifs is 1. The fourth-order valence-electron chi connectivity index (χ4n) is 3.37. The number of ketones is 1. The molecule has 1 aliphatic heterocycles. The smallest absolute Gasteiger partial charge is 0.355 e. The van der Waals surface area contributed by atoms with Crippen LogP contribution in [0.25, 0.3) is 0 Å². The largest absolute Gasteiger partial charge is 0.497 e. The van der Waals surface area contributed by atoms with Crippen molar-refractivity contribution in [1.82, 2.24) is 20.2 Å². The van der Waals surface area contributed by atoms with Crippen molar-refractivity contribution in [1.29, 1.82) is 0 Å². The van der Waals surface area contributed by atoms with Crippen LogP contribution >= 0.6 is 0 Å². The molecule has 2 heterocycles. The number of carbonyl (C=O) groups excluding carboxylic acids is 2. The fourth-order valence-corrected chi connectivity index (χ4v) is 3.37. The molecule has 0 aliphatic carbocycles. The second-order valence-corrected chi connectivity index (χ2v) is 6.73. The molecule has 1 atom stereocenters. The molecule has 0 amide bonds. The zero-order chi connectivity index (χ0) is 21.3. The van der Waals surface area contributed by atoms with Gasteiger partial charge >= 0.3 is 5.97 Å². The average Bonchev–Trinajstić information content (AvgIpc) is 3.26. The Balaban J connectivity index is 1.94. The highest BCUT2D eigenvalue weighted by Crippen LogP contribution is 2.37. The number of hydrogen-bond acceptors (Lipinski definition) is 8. The molecule has 4 rings (SSSR count). The SMILES string of the molecule is COC(=O)C1=C(C(=O)c2cccc(OC)c2)[C@@H](c2ccc(C)cc2)n2nnnc2N1. The number of ether oxygens (including phenoxy) is 2. The van der Waals surface area contributed by atoms with Crippen molar-refractivity contribution in [2.75, 3.05) is 19.5 Å². The third-order valence-electron chi connectivity index (χ3n) is 4.88. The van der Waals surface area contributed by atoms with E-state index < -0.39 is 12.0 Å². The molecule has 152 valence electrons. The van der Waals surface area contributed by atoms with Crippen molar-refractivity contribution < 1.29 is 19.1 Å². The number of benzene rings is 2. The number of rotatable bonds is 5. The van der Waals surface area contributed by atoms with Crippen LogP contribution in [-0.2, 0) is 9.53 Å². The molecule has 0 unspecified atom stereocenters. The number of allylic oxidation sites excluding steroid dienone is 1. The van der Waals surface area contributed by atoms with Crippen LogP contribution in [0.5, 0.6) is 5.75 Å². The first-order chi connectivity index (χ1) is 14.5. The Hall–Kier alpha value is -4.01. The van der Waals surface area contributed by atoms with E-state index in [9.17, 15) is 9.59 Å². The van der Waals surface area contributed by atoms with Gasteiger partial charge in [-0.25, -0.2) is 4.79 Å². The van der Waals surface area contributed by atoms with Crippen LogP contribution in [0, 0.1) is 6.92 Å². The number of esters is 1. The summed E-state index contributed by atoms with van der Waals surface area (Å²) in [4.78, 5) is 26.2. The van der Waals surface area contributed by atoms with Crippen LogP contribution in [-0.4, -0.2) is 46.2 Å². The minimum atomic E-state index is -0.718. The first-order valence-corrected chi connectivity index (χ1v) is 9.16.